The highest BCUT2D eigenvalue weighted by molar-refractivity contribution is 5.98. The van der Waals surface area contributed by atoms with Crippen LogP contribution in [0.4, 0.5) is 5.82 Å². The molecule has 3 rings (SSSR count). The molecule has 26 heavy (non-hydrogen) atoms. The highest BCUT2D eigenvalue weighted by atomic mass is 16.2. The molecule has 1 saturated carbocycles. The molecular formula is C20H35N5O. The molecule has 6 heteroatoms. The standard InChI is InChI=1S/C20H35N5O/c1-20(2)13-17(15-9-7-6-8-10-15)22-18-16(14-21-25(18)20)19(26)24(5)12-11-23(3)4/h14-15,17,22H,6-13H2,1-5H3. The molecule has 2 aliphatic rings. The van der Waals surface area contributed by atoms with Gasteiger partial charge in [0.2, 0.25) is 0 Å². The minimum atomic E-state index is -0.0660. The fourth-order valence-corrected chi connectivity index (χ4v) is 4.43. The van der Waals surface area contributed by atoms with Gasteiger partial charge in [-0.15, -0.1) is 0 Å². The lowest BCUT2D eigenvalue weighted by Crippen LogP contribution is -2.46. The molecule has 1 N–H and O–H groups in total. The average molecular weight is 362 g/mol. The topological polar surface area (TPSA) is 53.4 Å². The van der Waals surface area contributed by atoms with Gasteiger partial charge in [0.1, 0.15) is 11.4 Å². The molecule has 2 heterocycles. The Balaban J connectivity index is 1.81. The number of likely N-dealkylation sites (N-methyl/N-ethyl adjacent to an activating group) is 2. The third-order valence-electron chi connectivity index (χ3n) is 6.06. The van der Waals surface area contributed by atoms with Crippen LogP contribution in [0, 0.1) is 5.92 Å². The van der Waals surface area contributed by atoms with Gasteiger partial charge in [0.05, 0.1) is 11.7 Å². The maximum absolute atomic E-state index is 13.0. The van der Waals surface area contributed by atoms with Gasteiger partial charge < -0.3 is 15.1 Å². The Hall–Kier alpha value is -1.56. The van der Waals surface area contributed by atoms with Crippen molar-refractivity contribution in [2.75, 3.05) is 39.5 Å². The molecule has 1 aromatic rings. The van der Waals surface area contributed by atoms with E-state index in [1.54, 1.807) is 11.1 Å². The maximum atomic E-state index is 13.0. The van der Waals surface area contributed by atoms with Gasteiger partial charge in [0.25, 0.3) is 5.91 Å². The van der Waals surface area contributed by atoms with Crippen molar-refractivity contribution in [1.82, 2.24) is 19.6 Å². The van der Waals surface area contributed by atoms with Crippen LogP contribution in [0.2, 0.25) is 0 Å². The molecule has 1 aliphatic carbocycles. The second kappa shape index (κ2) is 7.59. The predicted molar refractivity (Wildman–Crippen MR) is 106 cm³/mol. The summed E-state index contributed by atoms with van der Waals surface area (Å²) in [7, 11) is 5.93. The molecule has 1 aromatic heterocycles. The van der Waals surface area contributed by atoms with Crippen molar-refractivity contribution in [2.45, 2.75) is 64.0 Å². The molecule has 1 amide bonds. The Morgan fingerprint density at radius 3 is 2.58 bits per heavy atom. The smallest absolute Gasteiger partial charge is 0.259 e. The lowest BCUT2D eigenvalue weighted by molar-refractivity contribution is 0.0786. The van der Waals surface area contributed by atoms with Crippen molar-refractivity contribution in [3.8, 4) is 0 Å². The molecular weight excluding hydrogens is 326 g/mol. The summed E-state index contributed by atoms with van der Waals surface area (Å²) in [4.78, 5) is 16.9. The molecule has 0 bridgehead atoms. The summed E-state index contributed by atoms with van der Waals surface area (Å²) in [6.07, 6.45) is 9.45. The summed E-state index contributed by atoms with van der Waals surface area (Å²) in [5.41, 5.74) is 0.642. The van der Waals surface area contributed by atoms with Crippen molar-refractivity contribution in [3.05, 3.63) is 11.8 Å². The van der Waals surface area contributed by atoms with Crippen LogP contribution in [0.3, 0.4) is 0 Å². The number of carbonyl (C=O) groups is 1. The van der Waals surface area contributed by atoms with E-state index in [2.05, 4.69) is 29.2 Å². The number of nitrogens with zero attached hydrogens (tertiary/aromatic N) is 4. The van der Waals surface area contributed by atoms with Gasteiger partial charge >= 0.3 is 0 Å². The number of amides is 1. The van der Waals surface area contributed by atoms with Crippen LogP contribution < -0.4 is 5.32 Å². The van der Waals surface area contributed by atoms with Crippen molar-refractivity contribution >= 4 is 11.7 Å². The monoisotopic (exact) mass is 361 g/mol. The summed E-state index contributed by atoms with van der Waals surface area (Å²) in [6, 6.07) is 0.438. The van der Waals surface area contributed by atoms with E-state index in [0.717, 1.165) is 18.8 Å². The van der Waals surface area contributed by atoms with Gasteiger partial charge in [0.15, 0.2) is 0 Å². The number of fused-ring (bicyclic) bond motifs is 1. The first kappa shape index (κ1) is 19.2. The lowest BCUT2D eigenvalue weighted by atomic mass is 9.78. The molecule has 1 atom stereocenters. The first-order valence-corrected chi connectivity index (χ1v) is 10.0. The zero-order chi connectivity index (χ0) is 18.9. The molecule has 0 spiro atoms. The highest BCUT2D eigenvalue weighted by Gasteiger charge is 2.39. The van der Waals surface area contributed by atoms with Crippen LogP contribution in [-0.4, -0.2) is 65.8 Å². The Bertz CT molecular complexity index is 630. The number of hydrogen-bond donors (Lipinski definition) is 1. The molecule has 1 unspecified atom stereocenters. The van der Waals surface area contributed by atoms with Gasteiger partial charge in [-0.25, -0.2) is 4.68 Å². The number of anilines is 1. The van der Waals surface area contributed by atoms with Gasteiger partial charge in [-0.2, -0.15) is 5.10 Å². The van der Waals surface area contributed by atoms with Gasteiger partial charge in [-0.3, -0.25) is 4.79 Å². The molecule has 146 valence electrons. The van der Waals surface area contributed by atoms with Crippen LogP contribution in [-0.2, 0) is 5.54 Å². The fraction of sp³-hybridized carbons (Fsp3) is 0.800. The minimum Gasteiger partial charge on any atom is -0.366 e. The SMILES string of the molecule is CN(C)CCN(C)C(=O)c1cnn2c1NC(C1CCCCC1)CC2(C)C. The fourth-order valence-electron chi connectivity index (χ4n) is 4.43. The van der Waals surface area contributed by atoms with Crippen LogP contribution >= 0.6 is 0 Å². The van der Waals surface area contributed by atoms with Gasteiger partial charge in [-0.05, 0) is 53.1 Å². The number of rotatable bonds is 5. The summed E-state index contributed by atoms with van der Waals surface area (Å²) in [6.45, 7) is 6.05. The lowest BCUT2D eigenvalue weighted by Gasteiger charge is -2.42. The second-order valence-electron chi connectivity index (χ2n) is 9.01. The van der Waals surface area contributed by atoms with Crippen LogP contribution in [0.15, 0.2) is 6.20 Å². The molecule has 0 radical (unpaired) electrons. The van der Waals surface area contributed by atoms with Crippen LogP contribution in [0.1, 0.15) is 62.7 Å². The number of carbonyl (C=O) groups excluding carboxylic acids is 1. The van der Waals surface area contributed by atoms with E-state index in [1.165, 1.54) is 32.1 Å². The zero-order valence-electron chi connectivity index (χ0n) is 17.1. The van der Waals surface area contributed by atoms with Crippen LogP contribution in [0.5, 0.6) is 0 Å². The first-order valence-electron chi connectivity index (χ1n) is 10.0. The number of hydrogen-bond acceptors (Lipinski definition) is 4. The number of aromatic nitrogens is 2. The molecule has 6 nitrogen and oxygen atoms in total. The summed E-state index contributed by atoms with van der Waals surface area (Å²) in [5, 5.41) is 8.30. The second-order valence-corrected chi connectivity index (χ2v) is 9.01. The normalized spacial score (nSPS) is 22.8. The third kappa shape index (κ3) is 3.90. The quantitative estimate of drug-likeness (QED) is 0.876. The van der Waals surface area contributed by atoms with Crippen LogP contribution in [0.25, 0.3) is 0 Å². The maximum Gasteiger partial charge on any atom is 0.259 e. The van der Waals surface area contributed by atoms with E-state index in [1.807, 2.05) is 25.8 Å². The third-order valence-corrected chi connectivity index (χ3v) is 6.06. The molecule has 1 aliphatic heterocycles. The highest BCUT2D eigenvalue weighted by Crippen LogP contribution is 2.39. The Labute approximate surface area is 157 Å². The Morgan fingerprint density at radius 1 is 1.23 bits per heavy atom. The van der Waals surface area contributed by atoms with Crippen molar-refractivity contribution in [1.29, 1.82) is 0 Å². The zero-order valence-corrected chi connectivity index (χ0v) is 17.1. The average Bonchev–Trinajstić information content (AvgIpc) is 3.04. The summed E-state index contributed by atoms with van der Waals surface area (Å²) >= 11 is 0. The molecule has 0 aromatic carbocycles. The van der Waals surface area contributed by atoms with Crippen molar-refractivity contribution < 1.29 is 4.79 Å². The number of nitrogens with one attached hydrogen (secondary N) is 1. The molecule has 0 saturated heterocycles. The van der Waals surface area contributed by atoms with Gasteiger partial charge in [-0.1, -0.05) is 19.3 Å². The van der Waals surface area contributed by atoms with Crippen molar-refractivity contribution in [2.24, 2.45) is 5.92 Å². The predicted octanol–water partition coefficient (Wildman–Crippen LogP) is 3.02. The summed E-state index contributed by atoms with van der Waals surface area (Å²) in [5.74, 6) is 1.68. The Kier molecular flexibility index (Phi) is 5.61. The first-order chi connectivity index (χ1) is 12.3. The summed E-state index contributed by atoms with van der Waals surface area (Å²) < 4.78 is 2.03. The Morgan fingerprint density at radius 2 is 1.92 bits per heavy atom. The van der Waals surface area contributed by atoms with E-state index in [-0.39, 0.29) is 11.4 Å². The van der Waals surface area contributed by atoms with E-state index < -0.39 is 0 Å². The van der Waals surface area contributed by atoms with E-state index in [4.69, 9.17) is 0 Å². The largest absolute Gasteiger partial charge is 0.366 e. The van der Waals surface area contributed by atoms with E-state index in [0.29, 0.717) is 24.1 Å². The van der Waals surface area contributed by atoms with E-state index >= 15 is 0 Å². The van der Waals surface area contributed by atoms with E-state index in [9.17, 15) is 4.79 Å². The minimum absolute atomic E-state index is 0.0562. The molecule has 1 fully saturated rings. The van der Waals surface area contributed by atoms with Gasteiger partial charge in [0, 0.05) is 26.2 Å². The van der Waals surface area contributed by atoms with Crippen molar-refractivity contribution in [3.63, 3.8) is 0 Å².